The third-order valence-corrected chi connectivity index (χ3v) is 4.84. The molecule has 0 N–H and O–H groups in total. The molecule has 0 aliphatic carbocycles. The molecule has 1 aromatic carbocycles. The van der Waals surface area contributed by atoms with Crippen LogP contribution in [-0.4, -0.2) is 40.1 Å². The first-order valence-electron chi connectivity index (χ1n) is 10.7. The molecule has 0 atom stereocenters. The van der Waals surface area contributed by atoms with Gasteiger partial charge in [0.2, 0.25) is 0 Å². The van der Waals surface area contributed by atoms with Crippen molar-refractivity contribution in [1.82, 2.24) is 10.0 Å². The molecule has 0 bridgehead atoms. The molecule has 0 unspecified atom stereocenters. The highest BCUT2D eigenvalue weighted by atomic mass is 16.6. The lowest BCUT2D eigenvalue weighted by molar-refractivity contribution is -0.0291. The van der Waals surface area contributed by atoms with Gasteiger partial charge < -0.3 is 4.74 Å². The van der Waals surface area contributed by atoms with Crippen molar-refractivity contribution >= 4 is 17.9 Å². The maximum Gasteiger partial charge on any atom is 0.429 e. The number of benzene rings is 1. The number of hydrogen-bond acceptors (Lipinski definition) is 4. The molecule has 6 nitrogen and oxygen atoms in total. The van der Waals surface area contributed by atoms with Crippen LogP contribution in [0.5, 0.6) is 0 Å². The van der Waals surface area contributed by atoms with E-state index in [9.17, 15) is 14.4 Å². The van der Waals surface area contributed by atoms with Crippen LogP contribution in [0.4, 0.5) is 4.79 Å². The van der Waals surface area contributed by atoms with Gasteiger partial charge in [0.1, 0.15) is 5.60 Å². The Morgan fingerprint density at radius 2 is 1.38 bits per heavy atom. The van der Waals surface area contributed by atoms with Crippen LogP contribution in [0.2, 0.25) is 0 Å². The third kappa shape index (κ3) is 6.31. The quantitative estimate of drug-likeness (QED) is 0.379. The number of nitrogens with zero attached hydrogens (tertiary/aromatic N) is 2. The normalized spacial score (nSPS) is 13.6. The first-order valence-corrected chi connectivity index (χ1v) is 10.7. The molecule has 1 aliphatic heterocycles. The zero-order valence-electron chi connectivity index (χ0n) is 18.2. The number of hydrazine groups is 1. The number of carbonyl (C=O) groups excluding carboxylic acids is 3. The van der Waals surface area contributed by atoms with Crippen molar-refractivity contribution < 1.29 is 19.1 Å². The summed E-state index contributed by atoms with van der Waals surface area (Å²) >= 11 is 0. The van der Waals surface area contributed by atoms with Crippen molar-refractivity contribution in [3.8, 4) is 0 Å². The molecular weight excluding hydrogens is 368 g/mol. The van der Waals surface area contributed by atoms with Crippen LogP contribution >= 0.6 is 0 Å². The summed E-state index contributed by atoms with van der Waals surface area (Å²) in [6.07, 6.45) is 8.20. The summed E-state index contributed by atoms with van der Waals surface area (Å²) in [6.45, 7) is 7.77. The van der Waals surface area contributed by atoms with Crippen LogP contribution in [0.3, 0.4) is 0 Å². The molecule has 0 fully saturated rings. The lowest BCUT2D eigenvalue weighted by Gasteiger charge is -2.32. The maximum absolute atomic E-state index is 12.8. The van der Waals surface area contributed by atoms with E-state index in [1.54, 1.807) is 45.0 Å². The maximum atomic E-state index is 12.8. The minimum Gasteiger partial charge on any atom is -0.442 e. The predicted molar refractivity (Wildman–Crippen MR) is 112 cm³/mol. The Kier molecular flexibility index (Phi) is 8.23. The van der Waals surface area contributed by atoms with Crippen LogP contribution in [0.1, 0.15) is 99.8 Å². The number of hydrogen-bond donors (Lipinski definition) is 0. The molecule has 1 aromatic rings. The number of fused-ring (bicyclic) bond motifs is 1. The minimum atomic E-state index is -0.715. The fourth-order valence-corrected chi connectivity index (χ4v) is 3.38. The molecule has 0 radical (unpaired) electrons. The van der Waals surface area contributed by atoms with E-state index < -0.39 is 23.5 Å². The number of imide groups is 1. The van der Waals surface area contributed by atoms with Crippen LogP contribution in [-0.2, 0) is 4.74 Å². The summed E-state index contributed by atoms with van der Waals surface area (Å²) in [5, 5.41) is 2.12. The zero-order chi connectivity index (χ0) is 21.4. The topological polar surface area (TPSA) is 66.9 Å². The van der Waals surface area contributed by atoms with E-state index in [1.807, 2.05) is 0 Å². The smallest absolute Gasteiger partial charge is 0.429 e. The molecule has 1 aliphatic rings. The van der Waals surface area contributed by atoms with Gasteiger partial charge in [0.05, 0.1) is 11.1 Å². The average molecular weight is 403 g/mol. The number of carbonyl (C=O) groups is 3. The predicted octanol–water partition coefficient (Wildman–Crippen LogP) is 5.58. The van der Waals surface area contributed by atoms with E-state index in [0.29, 0.717) is 17.5 Å². The second-order valence-corrected chi connectivity index (χ2v) is 8.55. The highest BCUT2D eigenvalue weighted by molar-refractivity contribution is 6.21. The largest absolute Gasteiger partial charge is 0.442 e. The molecule has 160 valence electrons. The highest BCUT2D eigenvalue weighted by Gasteiger charge is 2.42. The van der Waals surface area contributed by atoms with Crippen molar-refractivity contribution in [1.29, 1.82) is 0 Å². The first kappa shape index (κ1) is 22.9. The lowest BCUT2D eigenvalue weighted by Crippen LogP contribution is -2.51. The van der Waals surface area contributed by atoms with E-state index in [0.717, 1.165) is 17.9 Å². The number of unbranched alkanes of at least 4 members (excludes halogenated alkanes) is 7. The van der Waals surface area contributed by atoms with Gasteiger partial charge in [-0.1, -0.05) is 64.0 Å². The van der Waals surface area contributed by atoms with Gasteiger partial charge in [0.15, 0.2) is 0 Å². The van der Waals surface area contributed by atoms with Gasteiger partial charge in [-0.05, 0) is 39.3 Å². The molecule has 29 heavy (non-hydrogen) atoms. The Morgan fingerprint density at radius 3 is 1.86 bits per heavy atom. The fraction of sp³-hybridized carbons (Fsp3) is 0.609. The van der Waals surface area contributed by atoms with Gasteiger partial charge in [-0.25, -0.2) is 9.80 Å². The van der Waals surface area contributed by atoms with Crippen LogP contribution < -0.4 is 0 Å². The minimum absolute atomic E-state index is 0.273. The van der Waals surface area contributed by atoms with E-state index in [4.69, 9.17) is 4.74 Å². The van der Waals surface area contributed by atoms with Gasteiger partial charge in [0.25, 0.3) is 11.8 Å². The summed E-state index contributed by atoms with van der Waals surface area (Å²) in [4.78, 5) is 38.4. The van der Waals surface area contributed by atoms with Gasteiger partial charge in [-0.3, -0.25) is 9.59 Å². The highest BCUT2D eigenvalue weighted by Crippen LogP contribution is 2.26. The molecule has 3 amide bonds. The van der Waals surface area contributed by atoms with Crippen molar-refractivity contribution in [3.05, 3.63) is 35.4 Å². The SMILES string of the molecule is CCCCCCCCCCN(C(=O)OC(C)(C)C)N1C(=O)c2ccccc2C1=O. The molecule has 0 aromatic heterocycles. The van der Waals surface area contributed by atoms with Gasteiger partial charge in [-0.2, -0.15) is 5.01 Å². The molecule has 0 saturated carbocycles. The summed E-state index contributed by atoms with van der Waals surface area (Å²) in [5.74, 6) is -0.952. The molecule has 1 heterocycles. The van der Waals surface area contributed by atoms with E-state index in [1.165, 1.54) is 37.1 Å². The van der Waals surface area contributed by atoms with Crippen LogP contribution in [0, 0.1) is 0 Å². The molecule has 0 spiro atoms. The third-order valence-electron chi connectivity index (χ3n) is 4.84. The Hall–Kier alpha value is -2.37. The Balaban J connectivity index is 2.02. The van der Waals surface area contributed by atoms with Gasteiger partial charge in [-0.15, -0.1) is 0 Å². The van der Waals surface area contributed by atoms with Crippen molar-refractivity contribution in [2.45, 2.75) is 84.7 Å². The standard InChI is InChI=1S/C23H34N2O4/c1-5-6-7-8-9-10-11-14-17-24(22(28)29-23(2,3)4)25-20(26)18-15-12-13-16-19(18)21(25)27/h12-13,15-16H,5-11,14,17H2,1-4H3. The van der Waals surface area contributed by atoms with Crippen molar-refractivity contribution in [2.24, 2.45) is 0 Å². The Morgan fingerprint density at radius 1 is 0.897 bits per heavy atom. The second-order valence-electron chi connectivity index (χ2n) is 8.55. The number of ether oxygens (including phenoxy) is 1. The number of amides is 3. The Bertz CT molecular complexity index is 689. The molecule has 2 rings (SSSR count). The summed E-state index contributed by atoms with van der Waals surface area (Å²) < 4.78 is 5.47. The molecule has 6 heteroatoms. The lowest BCUT2D eigenvalue weighted by atomic mass is 10.1. The van der Waals surface area contributed by atoms with Crippen molar-refractivity contribution in [2.75, 3.05) is 6.54 Å². The molecule has 0 saturated heterocycles. The summed E-state index contributed by atoms with van der Waals surface area (Å²) in [7, 11) is 0. The second kappa shape index (κ2) is 10.4. The molecular formula is C23H34N2O4. The monoisotopic (exact) mass is 402 g/mol. The van der Waals surface area contributed by atoms with Gasteiger partial charge >= 0.3 is 6.09 Å². The van der Waals surface area contributed by atoms with E-state index in [-0.39, 0.29) is 6.54 Å². The zero-order valence-corrected chi connectivity index (χ0v) is 18.2. The van der Waals surface area contributed by atoms with Crippen LogP contribution in [0.25, 0.3) is 0 Å². The van der Waals surface area contributed by atoms with Gasteiger partial charge in [0, 0.05) is 6.54 Å². The van der Waals surface area contributed by atoms with E-state index >= 15 is 0 Å². The fourth-order valence-electron chi connectivity index (χ4n) is 3.38. The summed E-state index contributed by atoms with van der Waals surface area (Å²) in [5.41, 5.74) is -0.0724. The summed E-state index contributed by atoms with van der Waals surface area (Å²) in [6, 6.07) is 6.64. The average Bonchev–Trinajstić information content (AvgIpc) is 2.90. The number of rotatable bonds is 10. The Labute approximate surface area is 174 Å². The van der Waals surface area contributed by atoms with Crippen molar-refractivity contribution in [3.63, 3.8) is 0 Å². The van der Waals surface area contributed by atoms with E-state index in [2.05, 4.69) is 6.92 Å². The van der Waals surface area contributed by atoms with Crippen LogP contribution in [0.15, 0.2) is 24.3 Å². The first-order chi connectivity index (χ1) is 13.8.